The maximum absolute atomic E-state index is 13.3. The molecule has 1 unspecified atom stereocenters. The van der Waals surface area contributed by atoms with Crippen LogP contribution in [0.2, 0.25) is 0 Å². The number of sulfonamides is 1. The van der Waals surface area contributed by atoms with Crippen molar-refractivity contribution < 1.29 is 31.5 Å². The number of alkyl halides is 3. The van der Waals surface area contributed by atoms with Gasteiger partial charge in [-0.05, 0) is 29.8 Å². The van der Waals surface area contributed by atoms with E-state index in [4.69, 9.17) is 5.14 Å². The minimum Gasteiger partial charge on any atom is -0.372 e. The Morgan fingerprint density at radius 2 is 1.68 bits per heavy atom. The van der Waals surface area contributed by atoms with Crippen LogP contribution in [0.25, 0.3) is 0 Å². The Hall–Kier alpha value is -2.43. The molecular weight excluding hydrogens is 361 g/mol. The molecule has 0 fully saturated rings. The van der Waals surface area contributed by atoms with Gasteiger partial charge in [-0.1, -0.05) is 18.2 Å². The van der Waals surface area contributed by atoms with E-state index < -0.39 is 38.8 Å². The van der Waals surface area contributed by atoms with Crippen molar-refractivity contribution >= 4 is 21.6 Å². The highest BCUT2D eigenvalue weighted by molar-refractivity contribution is 7.89. The Morgan fingerprint density at radius 3 is 2.20 bits per heavy atom. The topological polar surface area (TPSA) is 109 Å². The summed E-state index contributed by atoms with van der Waals surface area (Å²) in [7, 11) is -4.03. The van der Waals surface area contributed by atoms with Crippen LogP contribution in [0, 0.1) is 0 Å². The third-order valence-corrected chi connectivity index (χ3v) is 4.84. The minimum atomic E-state index is -4.80. The van der Waals surface area contributed by atoms with E-state index in [0.29, 0.717) is 0 Å². The van der Waals surface area contributed by atoms with Crippen molar-refractivity contribution in [1.29, 1.82) is 0 Å². The number of rotatable bonds is 2. The molecule has 4 N–H and O–H groups in total. The van der Waals surface area contributed by atoms with Crippen LogP contribution in [0.15, 0.2) is 47.4 Å². The van der Waals surface area contributed by atoms with E-state index in [-0.39, 0.29) is 16.1 Å². The second kappa shape index (κ2) is 5.28. The number of fused-ring (bicyclic) bond motifs is 1. The highest BCUT2D eigenvalue weighted by Gasteiger charge is 2.52. The van der Waals surface area contributed by atoms with Crippen LogP contribution in [0.3, 0.4) is 0 Å². The lowest BCUT2D eigenvalue weighted by molar-refractivity contribution is -0.141. The van der Waals surface area contributed by atoms with Crippen molar-refractivity contribution in [2.45, 2.75) is 16.7 Å². The molecule has 1 atom stereocenters. The Morgan fingerprint density at radius 1 is 1.08 bits per heavy atom. The maximum Gasteiger partial charge on any atom is 0.416 e. The van der Waals surface area contributed by atoms with Gasteiger partial charge in [-0.15, -0.1) is 0 Å². The molecule has 25 heavy (non-hydrogen) atoms. The first-order valence-electron chi connectivity index (χ1n) is 6.83. The predicted molar refractivity (Wildman–Crippen MR) is 80.9 cm³/mol. The van der Waals surface area contributed by atoms with E-state index in [1.807, 2.05) is 0 Å². The molecule has 0 aromatic heterocycles. The summed E-state index contributed by atoms with van der Waals surface area (Å²) in [5, 5.41) is 18.0. The molecule has 1 heterocycles. The second-order valence-corrected chi connectivity index (χ2v) is 7.02. The minimum absolute atomic E-state index is 0.169. The Kier molecular flexibility index (Phi) is 3.67. The predicted octanol–water partition coefficient (Wildman–Crippen LogP) is 1.54. The van der Waals surface area contributed by atoms with Crippen molar-refractivity contribution in [2.24, 2.45) is 5.14 Å². The number of carbonyl (C=O) groups excluding carboxylic acids is 1. The number of anilines is 1. The van der Waals surface area contributed by atoms with Crippen LogP contribution in [-0.4, -0.2) is 19.4 Å². The molecule has 2 aromatic carbocycles. The molecule has 1 aliphatic rings. The van der Waals surface area contributed by atoms with Gasteiger partial charge in [0.25, 0.3) is 5.91 Å². The normalized spacial score (nSPS) is 20.3. The number of hydrogen-bond acceptors (Lipinski definition) is 4. The van der Waals surface area contributed by atoms with E-state index >= 15 is 0 Å². The highest BCUT2D eigenvalue weighted by atomic mass is 32.2. The molecule has 10 heteroatoms. The van der Waals surface area contributed by atoms with Crippen LogP contribution < -0.4 is 10.5 Å². The number of aliphatic hydroxyl groups is 1. The lowest BCUT2D eigenvalue weighted by atomic mass is 9.84. The van der Waals surface area contributed by atoms with Gasteiger partial charge in [0.1, 0.15) is 0 Å². The van der Waals surface area contributed by atoms with Crippen molar-refractivity contribution in [3.05, 3.63) is 59.2 Å². The summed E-state index contributed by atoms with van der Waals surface area (Å²) in [6.07, 6.45) is -4.80. The van der Waals surface area contributed by atoms with E-state index in [2.05, 4.69) is 5.32 Å². The number of nitrogens with one attached hydrogen (secondary N) is 1. The maximum atomic E-state index is 13.3. The molecule has 0 saturated carbocycles. The molecule has 1 aliphatic heterocycles. The molecule has 0 radical (unpaired) electrons. The molecular formula is C15H11F3N2O4S. The zero-order chi connectivity index (χ0) is 18.6. The summed E-state index contributed by atoms with van der Waals surface area (Å²) in [5.74, 6) is -1.07. The van der Waals surface area contributed by atoms with Gasteiger partial charge in [-0.3, -0.25) is 4.79 Å². The summed E-state index contributed by atoms with van der Waals surface area (Å²) >= 11 is 0. The Balaban J connectivity index is 2.23. The van der Waals surface area contributed by atoms with Crippen LogP contribution in [0.5, 0.6) is 0 Å². The second-order valence-electron chi connectivity index (χ2n) is 5.46. The van der Waals surface area contributed by atoms with Gasteiger partial charge in [0.05, 0.1) is 10.5 Å². The van der Waals surface area contributed by atoms with Crippen LogP contribution in [-0.2, 0) is 26.6 Å². The smallest absolute Gasteiger partial charge is 0.372 e. The summed E-state index contributed by atoms with van der Waals surface area (Å²) in [6, 6.07) is 7.19. The number of carbonyl (C=O) groups is 1. The molecule has 3 rings (SSSR count). The molecule has 0 spiro atoms. The largest absolute Gasteiger partial charge is 0.416 e. The number of amides is 1. The summed E-state index contributed by atoms with van der Waals surface area (Å²) in [5.41, 5.74) is -4.79. The summed E-state index contributed by atoms with van der Waals surface area (Å²) in [6.45, 7) is 0. The van der Waals surface area contributed by atoms with Crippen molar-refractivity contribution in [3.8, 4) is 0 Å². The van der Waals surface area contributed by atoms with Gasteiger partial charge in [0, 0.05) is 11.3 Å². The fraction of sp³-hybridized carbons (Fsp3) is 0.133. The third kappa shape index (κ3) is 2.68. The fourth-order valence-electron chi connectivity index (χ4n) is 2.77. The zero-order valence-corrected chi connectivity index (χ0v) is 13.1. The monoisotopic (exact) mass is 372 g/mol. The molecule has 2 aromatic rings. The fourth-order valence-corrected chi connectivity index (χ4v) is 3.29. The number of benzene rings is 2. The van der Waals surface area contributed by atoms with Gasteiger partial charge >= 0.3 is 6.18 Å². The molecule has 0 bridgehead atoms. The number of nitrogens with two attached hydrogens (primary N) is 1. The first-order chi connectivity index (χ1) is 11.5. The van der Waals surface area contributed by atoms with Crippen LogP contribution >= 0.6 is 0 Å². The Labute approximate surface area is 140 Å². The Bertz CT molecular complexity index is 971. The molecule has 0 saturated heterocycles. The van der Waals surface area contributed by atoms with Crippen molar-refractivity contribution in [3.63, 3.8) is 0 Å². The number of primary sulfonamides is 1. The summed E-state index contributed by atoms with van der Waals surface area (Å²) < 4.78 is 62.5. The first-order valence-corrected chi connectivity index (χ1v) is 8.38. The van der Waals surface area contributed by atoms with Gasteiger partial charge in [-0.2, -0.15) is 13.2 Å². The average molecular weight is 372 g/mol. The van der Waals surface area contributed by atoms with Gasteiger partial charge in [0.15, 0.2) is 5.60 Å². The lowest BCUT2D eigenvalue weighted by Crippen LogP contribution is -2.36. The number of halogens is 3. The average Bonchev–Trinajstić information content (AvgIpc) is 2.78. The highest BCUT2D eigenvalue weighted by Crippen LogP contribution is 2.47. The van der Waals surface area contributed by atoms with E-state index in [1.54, 1.807) is 0 Å². The van der Waals surface area contributed by atoms with Crippen molar-refractivity contribution in [1.82, 2.24) is 0 Å². The SMILES string of the molecule is NS(=O)(=O)c1ccc(C2(O)C(=O)Nc3cccc(C(F)(F)F)c32)cc1. The van der Waals surface area contributed by atoms with E-state index in [0.717, 1.165) is 36.4 Å². The third-order valence-electron chi connectivity index (χ3n) is 3.91. The molecule has 6 nitrogen and oxygen atoms in total. The van der Waals surface area contributed by atoms with Gasteiger partial charge in [0.2, 0.25) is 10.0 Å². The van der Waals surface area contributed by atoms with Crippen LogP contribution in [0.1, 0.15) is 16.7 Å². The molecule has 0 aliphatic carbocycles. The summed E-state index contributed by atoms with van der Waals surface area (Å²) in [4.78, 5) is 11.9. The standard InChI is InChI=1S/C15H11F3N2O4S/c16-15(17,18)10-2-1-3-11-12(10)14(22,13(21)20-11)8-4-6-9(7-5-8)25(19,23)24/h1-7,22H,(H,20,21)(H2,19,23,24). The molecule has 1 amide bonds. The zero-order valence-electron chi connectivity index (χ0n) is 12.3. The lowest BCUT2D eigenvalue weighted by Gasteiger charge is -2.24. The van der Waals surface area contributed by atoms with Gasteiger partial charge in [-0.25, -0.2) is 13.6 Å². The van der Waals surface area contributed by atoms with Gasteiger partial charge < -0.3 is 10.4 Å². The van der Waals surface area contributed by atoms with Crippen LogP contribution in [0.4, 0.5) is 18.9 Å². The van der Waals surface area contributed by atoms with E-state index in [9.17, 15) is 31.5 Å². The molecule has 132 valence electrons. The van der Waals surface area contributed by atoms with Crippen molar-refractivity contribution in [2.75, 3.05) is 5.32 Å². The van der Waals surface area contributed by atoms with E-state index in [1.165, 1.54) is 6.07 Å². The first kappa shape index (κ1) is 17.4. The number of hydrogen-bond donors (Lipinski definition) is 3. The quantitative estimate of drug-likeness (QED) is 0.743.